The standard InChI is InChI=1S/C16H19N3O3/c1-9(2)19-12-6-4-3-5-11(12)13(16(19)22)18-15(21)14(20)17-10-7-8-10/h3-6,9-10,13H,7-8H2,1-2H3,(H,17,20)(H,18,21)/t13-/m0/s1. The van der Waals surface area contributed by atoms with E-state index in [2.05, 4.69) is 10.6 Å². The van der Waals surface area contributed by atoms with Gasteiger partial charge in [-0.05, 0) is 32.8 Å². The van der Waals surface area contributed by atoms with Crippen molar-refractivity contribution in [2.45, 2.75) is 44.8 Å². The summed E-state index contributed by atoms with van der Waals surface area (Å²) >= 11 is 0. The lowest BCUT2D eigenvalue weighted by molar-refractivity contribution is -0.140. The van der Waals surface area contributed by atoms with Crippen molar-refractivity contribution < 1.29 is 14.4 Å². The van der Waals surface area contributed by atoms with E-state index in [0.717, 1.165) is 24.1 Å². The molecule has 1 aliphatic heterocycles. The Kier molecular flexibility index (Phi) is 3.60. The summed E-state index contributed by atoms with van der Waals surface area (Å²) in [5.74, 6) is -1.63. The molecular formula is C16H19N3O3. The largest absolute Gasteiger partial charge is 0.345 e. The molecular weight excluding hydrogens is 282 g/mol. The van der Waals surface area contributed by atoms with Gasteiger partial charge in [0, 0.05) is 23.3 Å². The van der Waals surface area contributed by atoms with Crippen molar-refractivity contribution in [2.24, 2.45) is 0 Å². The quantitative estimate of drug-likeness (QED) is 0.813. The Morgan fingerprint density at radius 2 is 1.77 bits per heavy atom. The Morgan fingerprint density at radius 3 is 2.41 bits per heavy atom. The van der Waals surface area contributed by atoms with Crippen LogP contribution < -0.4 is 15.5 Å². The van der Waals surface area contributed by atoms with Crippen molar-refractivity contribution in [3.05, 3.63) is 29.8 Å². The first kappa shape index (κ1) is 14.6. The second-order valence-electron chi connectivity index (χ2n) is 6.02. The summed E-state index contributed by atoms with van der Waals surface area (Å²) in [4.78, 5) is 38.0. The zero-order chi connectivity index (χ0) is 15.9. The molecule has 1 aromatic carbocycles. The van der Waals surface area contributed by atoms with Gasteiger partial charge in [-0.3, -0.25) is 14.4 Å². The fraction of sp³-hybridized carbons (Fsp3) is 0.438. The van der Waals surface area contributed by atoms with Gasteiger partial charge in [0.15, 0.2) is 0 Å². The van der Waals surface area contributed by atoms with Gasteiger partial charge in [0.1, 0.15) is 6.04 Å². The molecule has 3 rings (SSSR count). The Morgan fingerprint density at radius 1 is 1.14 bits per heavy atom. The molecule has 1 saturated carbocycles. The maximum absolute atomic E-state index is 12.6. The second-order valence-corrected chi connectivity index (χ2v) is 6.02. The summed E-state index contributed by atoms with van der Waals surface area (Å²) in [6, 6.07) is 6.62. The number of amides is 3. The number of nitrogens with zero attached hydrogens (tertiary/aromatic N) is 1. The first-order valence-corrected chi connectivity index (χ1v) is 7.52. The minimum atomic E-state index is -0.795. The van der Waals surface area contributed by atoms with Crippen LogP contribution in [-0.2, 0) is 14.4 Å². The third-order valence-electron chi connectivity index (χ3n) is 3.90. The minimum absolute atomic E-state index is 0.0177. The average Bonchev–Trinajstić information content (AvgIpc) is 3.24. The Hall–Kier alpha value is -2.37. The van der Waals surface area contributed by atoms with Crippen LogP contribution in [0.1, 0.15) is 38.3 Å². The van der Waals surface area contributed by atoms with Crippen LogP contribution in [-0.4, -0.2) is 29.8 Å². The van der Waals surface area contributed by atoms with E-state index in [1.54, 1.807) is 11.0 Å². The maximum Gasteiger partial charge on any atom is 0.310 e. The minimum Gasteiger partial charge on any atom is -0.345 e. The van der Waals surface area contributed by atoms with E-state index >= 15 is 0 Å². The normalized spacial score (nSPS) is 20.0. The summed E-state index contributed by atoms with van der Waals surface area (Å²) in [6.45, 7) is 3.83. The van der Waals surface area contributed by atoms with E-state index in [1.165, 1.54) is 0 Å². The highest BCUT2D eigenvalue weighted by Gasteiger charge is 2.40. The van der Waals surface area contributed by atoms with Crippen LogP contribution in [0, 0.1) is 0 Å². The van der Waals surface area contributed by atoms with Crippen molar-refractivity contribution in [3.8, 4) is 0 Å². The smallest absolute Gasteiger partial charge is 0.310 e. The van der Waals surface area contributed by atoms with Crippen LogP contribution in [0.4, 0.5) is 5.69 Å². The van der Waals surface area contributed by atoms with Crippen LogP contribution in [0.5, 0.6) is 0 Å². The van der Waals surface area contributed by atoms with Crippen LogP contribution in [0.15, 0.2) is 24.3 Å². The predicted molar refractivity (Wildman–Crippen MR) is 81.1 cm³/mol. The molecule has 0 radical (unpaired) electrons. The summed E-state index contributed by atoms with van der Waals surface area (Å²) in [5, 5.41) is 5.18. The number of rotatable bonds is 3. The molecule has 0 unspecified atom stereocenters. The molecule has 0 bridgehead atoms. The number of para-hydroxylation sites is 1. The van der Waals surface area contributed by atoms with Gasteiger partial charge in [-0.25, -0.2) is 0 Å². The fourth-order valence-electron chi connectivity index (χ4n) is 2.69. The van der Waals surface area contributed by atoms with E-state index in [-0.39, 0.29) is 18.0 Å². The van der Waals surface area contributed by atoms with Crippen molar-refractivity contribution in [1.82, 2.24) is 10.6 Å². The molecule has 116 valence electrons. The topological polar surface area (TPSA) is 78.5 Å². The molecule has 1 heterocycles. The number of hydrogen-bond donors (Lipinski definition) is 2. The SMILES string of the molecule is CC(C)N1C(=O)[C@@H](NC(=O)C(=O)NC2CC2)c2ccccc21. The molecule has 22 heavy (non-hydrogen) atoms. The van der Waals surface area contributed by atoms with Gasteiger partial charge in [-0.1, -0.05) is 18.2 Å². The van der Waals surface area contributed by atoms with Crippen molar-refractivity contribution >= 4 is 23.4 Å². The van der Waals surface area contributed by atoms with E-state index in [4.69, 9.17) is 0 Å². The van der Waals surface area contributed by atoms with Crippen LogP contribution in [0.25, 0.3) is 0 Å². The van der Waals surface area contributed by atoms with Gasteiger partial charge in [-0.15, -0.1) is 0 Å². The molecule has 1 fully saturated rings. The van der Waals surface area contributed by atoms with Gasteiger partial charge in [0.2, 0.25) is 0 Å². The number of benzene rings is 1. The first-order chi connectivity index (χ1) is 10.5. The van der Waals surface area contributed by atoms with Crippen LogP contribution in [0.2, 0.25) is 0 Å². The van der Waals surface area contributed by atoms with Crippen molar-refractivity contribution in [3.63, 3.8) is 0 Å². The molecule has 0 spiro atoms. The number of anilines is 1. The molecule has 1 atom stereocenters. The molecule has 6 nitrogen and oxygen atoms in total. The predicted octanol–water partition coefficient (Wildman–Crippen LogP) is 0.878. The van der Waals surface area contributed by atoms with Crippen LogP contribution in [0.3, 0.4) is 0 Å². The number of fused-ring (bicyclic) bond motifs is 1. The highest BCUT2D eigenvalue weighted by Crippen LogP contribution is 2.36. The van der Waals surface area contributed by atoms with Gasteiger partial charge in [0.05, 0.1) is 0 Å². The monoisotopic (exact) mass is 301 g/mol. The fourth-order valence-corrected chi connectivity index (χ4v) is 2.69. The summed E-state index contributed by atoms with van der Waals surface area (Å²) in [5.41, 5.74) is 1.52. The molecule has 2 N–H and O–H groups in total. The molecule has 6 heteroatoms. The second kappa shape index (κ2) is 5.44. The number of carbonyl (C=O) groups excluding carboxylic acids is 3. The van der Waals surface area contributed by atoms with Gasteiger partial charge < -0.3 is 15.5 Å². The first-order valence-electron chi connectivity index (χ1n) is 7.52. The van der Waals surface area contributed by atoms with E-state index in [0.29, 0.717) is 0 Å². The highest BCUT2D eigenvalue weighted by atomic mass is 16.2. The van der Waals surface area contributed by atoms with Gasteiger partial charge in [-0.2, -0.15) is 0 Å². The van der Waals surface area contributed by atoms with Gasteiger partial charge >= 0.3 is 11.8 Å². The molecule has 3 amide bonds. The lowest BCUT2D eigenvalue weighted by Gasteiger charge is -2.22. The summed E-state index contributed by atoms with van der Waals surface area (Å²) in [7, 11) is 0. The summed E-state index contributed by atoms with van der Waals surface area (Å²) < 4.78 is 0. The highest BCUT2D eigenvalue weighted by molar-refractivity contribution is 6.35. The molecule has 2 aliphatic rings. The van der Waals surface area contributed by atoms with Crippen molar-refractivity contribution in [1.29, 1.82) is 0 Å². The lowest BCUT2D eigenvalue weighted by Crippen LogP contribution is -2.46. The zero-order valence-electron chi connectivity index (χ0n) is 12.6. The van der Waals surface area contributed by atoms with Gasteiger partial charge in [0.25, 0.3) is 5.91 Å². The zero-order valence-corrected chi connectivity index (χ0v) is 12.6. The van der Waals surface area contributed by atoms with E-state index in [1.807, 2.05) is 32.0 Å². The molecule has 0 aromatic heterocycles. The Balaban J connectivity index is 1.79. The lowest BCUT2D eigenvalue weighted by atomic mass is 10.1. The number of carbonyl (C=O) groups is 3. The van der Waals surface area contributed by atoms with E-state index in [9.17, 15) is 14.4 Å². The third-order valence-corrected chi connectivity index (χ3v) is 3.90. The Labute approximate surface area is 128 Å². The van der Waals surface area contributed by atoms with Crippen LogP contribution >= 0.6 is 0 Å². The van der Waals surface area contributed by atoms with E-state index < -0.39 is 17.9 Å². The molecule has 1 aliphatic carbocycles. The summed E-state index contributed by atoms with van der Waals surface area (Å²) in [6.07, 6.45) is 1.82. The Bertz CT molecular complexity index is 637. The molecule has 1 aromatic rings. The number of nitrogens with one attached hydrogen (secondary N) is 2. The molecule has 0 saturated heterocycles. The maximum atomic E-state index is 12.6. The number of hydrogen-bond acceptors (Lipinski definition) is 3. The third kappa shape index (κ3) is 2.56. The van der Waals surface area contributed by atoms with Crippen molar-refractivity contribution in [2.75, 3.05) is 4.90 Å². The average molecular weight is 301 g/mol.